The molecule has 0 radical (unpaired) electrons. The second-order valence-corrected chi connectivity index (χ2v) is 3.79. The number of Topliss-reactive ketones (excluding diaryl/α,β-unsaturated/α-hetero) is 1. The first-order valence-electron chi connectivity index (χ1n) is 5.80. The largest absolute Gasteiger partial charge is 0.285 e. The lowest BCUT2D eigenvalue weighted by atomic mass is 10.1. The number of terminal acetylenes is 1. The van der Waals surface area contributed by atoms with E-state index in [1.165, 1.54) is 38.5 Å². The lowest BCUT2D eigenvalue weighted by molar-refractivity contribution is -0.113. The number of rotatable bonds is 9. The molecule has 80 valence electrons. The molecular weight excluding hydrogens is 172 g/mol. The molecule has 0 rings (SSSR count). The van der Waals surface area contributed by atoms with Gasteiger partial charge in [0.15, 0.2) is 0 Å². The summed E-state index contributed by atoms with van der Waals surface area (Å²) < 4.78 is 0. The van der Waals surface area contributed by atoms with Crippen molar-refractivity contribution in [2.24, 2.45) is 0 Å². The summed E-state index contributed by atoms with van der Waals surface area (Å²) in [5, 5.41) is 0. The zero-order valence-corrected chi connectivity index (χ0v) is 9.35. The molecule has 0 heterocycles. The van der Waals surface area contributed by atoms with Crippen molar-refractivity contribution >= 4 is 5.78 Å². The van der Waals surface area contributed by atoms with Crippen LogP contribution in [0.2, 0.25) is 0 Å². The normalized spacial score (nSPS) is 9.71. The highest BCUT2D eigenvalue weighted by molar-refractivity contribution is 5.94. The highest BCUT2D eigenvalue weighted by Crippen LogP contribution is 2.09. The molecule has 1 nitrogen and oxygen atoms in total. The fraction of sp³-hybridized carbons (Fsp3) is 0.769. The molecule has 0 unspecified atom stereocenters. The van der Waals surface area contributed by atoms with E-state index in [-0.39, 0.29) is 5.78 Å². The van der Waals surface area contributed by atoms with E-state index in [9.17, 15) is 4.79 Å². The molecule has 14 heavy (non-hydrogen) atoms. The first-order valence-corrected chi connectivity index (χ1v) is 5.80. The van der Waals surface area contributed by atoms with Gasteiger partial charge in [-0.25, -0.2) is 0 Å². The lowest BCUT2D eigenvalue weighted by Gasteiger charge is -1.99. The van der Waals surface area contributed by atoms with Crippen LogP contribution in [0.3, 0.4) is 0 Å². The monoisotopic (exact) mass is 194 g/mol. The van der Waals surface area contributed by atoms with Gasteiger partial charge >= 0.3 is 0 Å². The molecule has 0 N–H and O–H groups in total. The molecule has 0 saturated carbocycles. The van der Waals surface area contributed by atoms with Crippen molar-refractivity contribution in [1.29, 1.82) is 0 Å². The van der Waals surface area contributed by atoms with Crippen molar-refractivity contribution in [2.75, 3.05) is 0 Å². The van der Waals surface area contributed by atoms with Gasteiger partial charge in [-0.15, -0.1) is 6.42 Å². The van der Waals surface area contributed by atoms with Crippen molar-refractivity contribution in [3.8, 4) is 12.3 Å². The third-order valence-corrected chi connectivity index (χ3v) is 2.42. The predicted octanol–water partition coefficient (Wildman–Crippen LogP) is 3.72. The highest BCUT2D eigenvalue weighted by Gasteiger charge is 1.96. The second kappa shape index (κ2) is 10.3. The van der Waals surface area contributed by atoms with Crippen LogP contribution in [0.5, 0.6) is 0 Å². The van der Waals surface area contributed by atoms with Gasteiger partial charge in [-0.2, -0.15) is 0 Å². The van der Waals surface area contributed by atoms with Crippen molar-refractivity contribution in [2.45, 2.75) is 64.7 Å². The molecular formula is C13H22O. The molecule has 0 saturated heterocycles. The average molecular weight is 194 g/mol. The maximum Gasteiger partial charge on any atom is 0.205 e. The summed E-state index contributed by atoms with van der Waals surface area (Å²) in [6, 6.07) is 0. The van der Waals surface area contributed by atoms with Crippen LogP contribution in [0.15, 0.2) is 0 Å². The topological polar surface area (TPSA) is 17.1 Å². The van der Waals surface area contributed by atoms with E-state index in [1.807, 2.05) is 0 Å². The Labute approximate surface area is 88.3 Å². The Hall–Kier alpha value is -0.770. The van der Waals surface area contributed by atoms with Crippen LogP contribution in [0, 0.1) is 12.3 Å². The van der Waals surface area contributed by atoms with Crippen LogP contribution in [0.1, 0.15) is 64.7 Å². The van der Waals surface area contributed by atoms with Crippen LogP contribution < -0.4 is 0 Å². The summed E-state index contributed by atoms with van der Waals surface area (Å²) >= 11 is 0. The minimum atomic E-state index is -0.0454. The predicted molar refractivity (Wildman–Crippen MR) is 61.1 cm³/mol. The Kier molecular flexibility index (Phi) is 9.74. The third-order valence-electron chi connectivity index (χ3n) is 2.42. The van der Waals surface area contributed by atoms with Crippen LogP contribution in [-0.2, 0) is 4.79 Å². The van der Waals surface area contributed by atoms with Crippen molar-refractivity contribution < 1.29 is 4.79 Å². The van der Waals surface area contributed by atoms with E-state index >= 15 is 0 Å². The van der Waals surface area contributed by atoms with Crippen LogP contribution in [0.4, 0.5) is 0 Å². The van der Waals surface area contributed by atoms with E-state index in [0.29, 0.717) is 6.42 Å². The van der Waals surface area contributed by atoms with Crippen LogP contribution in [0.25, 0.3) is 0 Å². The zero-order chi connectivity index (χ0) is 10.6. The highest BCUT2D eigenvalue weighted by atomic mass is 16.1. The Bertz CT molecular complexity index is 176. The SMILES string of the molecule is C#CC(=O)CCCCCCCCCC. The summed E-state index contributed by atoms with van der Waals surface area (Å²) in [5.41, 5.74) is 0. The van der Waals surface area contributed by atoms with Crippen molar-refractivity contribution in [3.63, 3.8) is 0 Å². The van der Waals surface area contributed by atoms with E-state index in [0.717, 1.165) is 12.8 Å². The number of carbonyl (C=O) groups excluding carboxylic acids is 1. The average Bonchev–Trinajstić information content (AvgIpc) is 2.21. The number of unbranched alkanes of at least 4 members (excludes halogenated alkanes) is 7. The van der Waals surface area contributed by atoms with Gasteiger partial charge in [0.05, 0.1) is 0 Å². The molecule has 0 aliphatic rings. The maximum atomic E-state index is 10.7. The van der Waals surface area contributed by atoms with E-state index in [4.69, 9.17) is 6.42 Å². The molecule has 0 aromatic rings. The number of ketones is 1. The van der Waals surface area contributed by atoms with Gasteiger partial charge in [0.25, 0.3) is 0 Å². The molecule has 1 heteroatoms. The quantitative estimate of drug-likeness (QED) is 0.310. The molecule has 0 aliphatic heterocycles. The lowest BCUT2D eigenvalue weighted by Crippen LogP contribution is -1.92. The molecule has 0 amide bonds. The van der Waals surface area contributed by atoms with E-state index in [2.05, 4.69) is 12.8 Å². The van der Waals surface area contributed by atoms with E-state index in [1.54, 1.807) is 0 Å². The minimum absolute atomic E-state index is 0.0454. The van der Waals surface area contributed by atoms with Gasteiger partial charge in [-0.1, -0.05) is 51.9 Å². The minimum Gasteiger partial charge on any atom is -0.285 e. The van der Waals surface area contributed by atoms with Gasteiger partial charge in [-0.3, -0.25) is 4.79 Å². The van der Waals surface area contributed by atoms with Crippen LogP contribution in [-0.4, -0.2) is 5.78 Å². The summed E-state index contributed by atoms with van der Waals surface area (Å²) in [6.45, 7) is 2.23. The summed E-state index contributed by atoms with van der Waals surface area (Å²) in [5.74, 6) is 2.10. The number of carbonyl (C=O) groups is 1. The standard InChI is InChI=1S/C13H22O/c1-3-5-6-7-8-9-10-11-12-13(14)4-2/h2H,3,5-12H2,1H3. The van der Waals surface area contributed by atoms with Gasteiger partial charge in [0.1, 0.15) is 0 Å². The van der Waals surface area contributed by atoms with Gasteiger partial charge in [0, 0.05) is 6.42 Å². The first-order chi connectivity index (χ1) is 6.81. The summed E-state index contributed by atoms with van der Waals surface area (Å²) in [6.07, 6.45) is 15.6. The molecule has 0 aromatic carbocycles. The number of hydrogen-bond donors (Lipinski definition) is 0. The second-order valence-electron chi connectivity index (χ2n) is 3.79. The van der Waals surface area contributed by atoms with Crippen molar-refractivity contribution in [3.05, 3.63) is 0 Å². The fourth-order valence-corrected chi connectivity index (χ4v) is 1.49. The smallest absolute Gasteiger partial charge is 0.205 e. The molecule has 0 spiro atoms. The van der Waals surface area contributed by atoms with Gasteiger partial charge in [-0.05, 0) is 12.3 Å². The van der Waals surface area contributed by atoms with Crippen molar-refractivity contribution in [1.82, 2.24) is 0 Å². The molecule has 0 fully saturated rings. The third kappa shape index (κ3) is 9.32. The molecule has 0 bridgehead atoms. The molecule has 0 aliphatic carbocycles. The summed E-state index contributed by atoms with van der Waals surface area (Å²) in [7, 11) is 0. The van der Waals surface area contributed by atoms with Gasteiger partial charge in [0.2, 0.25) is 5.78 Å². The Morgan fingerprint density at radius 2 is 1.50 bits per heavy atom. The Morgan fingerprint density at radius 3 is 2.00 bits per heavy atom. The first kappa shape index (κ1) is 13.2. The van der Waals surface area contributed by atoms with Crippen LogP contribution >= 0.6 is 0 Å². The zero-order valence-electron chi connectivity index (χ0n) is 9.35. The van der Waals surface area contributed by atoms with E-state index < -0.39 is 0 Å². The maximum absolute atomic E-state index is 10.7. The Balaban J connectivity index is 3.00. The summed E-state index contributed by atoms with van der Waals surface area (Å²) in [4.78, 5) is 10.7. The Morgan fingerprint density at radius 1 is 1.00 bits per heavy atom. The molecule has 0 atom stereocenters. The van der Waals surface area contributed by atoms with Gasteiger partial charge < -0.3 is 0 Å². The fourth-order valence-electron chi connectivity index (χ4n) is 1.49. The number of hydrogen-bond acceptors (Lipinski definition) is 1. The molecule has 0 aromatic heterocycles.